The summed E-state index contributed by atoms with van der Waals surface area (Å²) in [5, 5.41) is 0.477. The summed E-state index contributed by atoms with van der Waals surface area (Å²) in [6.07, 6.45) is 1.06. The third-order valence-corrected chi connectivity index (χ3v) is 3.37. The van der Waals surface area contributed by atoms with Crippen LogP contribution in [0, 0.1) is 19.8 Å². The van der Waals surface area contributed by atoms with Gasteiger partial charge >= 0.3 is 0 Å². The first kappa shape index (κ1) is 14.0. The minimum absolute atomic E-state index is 0.477. The number of hydrogen-bond donors (Lipinski definition) is 0. The normalized spacial score (nSPS) is 11.1. The minimum Gasteiger partial charge on any atom is -0.248 e. The molecule has 2 rings (SSSR count). The summed E-state index contributed by atoms with van der Waals surface area (Å²) < 4.78 is 0. The van der Waals surface area contributed by atoms with Gasteiger partial charge in [0.05, 0.1) is 11.4 Å². The molecule has 1 heterocycles. The summed E-state index contributed by atoms with van der Waals surface area (Å²) in [5.41, 5.74) is 4.93. The third kappa shape index (κ3) is 3.32. The largest absolute Gasteiger partial charge is 0.248 e. The lowest BCUT2D eigenvalue weighted by Crippen LogP contribution is -1.98. The number of halogens is 1. The summed E-state index contributed by atoms with van der Waals surface area (Å²) in [4.78, 5) is 8.91. The maximum absolute atomic E-state index is 6.22. The summed E-state index contributed by atoms with van der Waals surface area (Å²) in [7, 11) is 0. The van der Waals surface area contributed by atoms with E-state index in [2.05, 4.69) is 42.0 Å². The topological polar surface area (TPSA) is 25.8 Å². The fraction of sp³-hybridized carbons (Fsp3) is 0.375. The Hall–Kier alpha value is -1.41. The van der Waals surface area contributed by atoms with Crippen molar-refractivity contribution >= 4 is 11.6 Å². The maximum Gasteiger partial charge on any atom is 0.155 e. The van der Waals surface area contributed by atoms with Crippen LogP contribution in [0.2, 0.25) is 5.15 Å². The summed E-state index contributed by atoms with van der Waals surface area (Å²) in [5.74, 6) is 0.636. The molecule has 0 aliphatic carbocycles. The molecule has 0 aliphatic rings. The molecule has 0 radical (unpaired) electrons. The number of hydrogen-bond acceptors (Lipinski definition) is 2. The Balaban J connectivity index is 2.44. The zero-order chi connectivity index (χ0) is 14.0. The predicted octanol–water partition coefficient (Wildman–Crippen LogP) is 4.61. The molecule has 0 aliphatic heterocycles. The second kappa shape index (κ2) is 5.70. The third-order valence-electron chi connectivity index (χ3n) is 3.11. The van der Waals surface area contributed by atoms with E-state index in [0.29, 0.717) is 11.1 Å². The van der Waals surface area contributed by atoms with E-state index in [0.717, 1.165) is 29.1 Å². The molecule has 0 amide bonds. The van der Waals surface area contributed by atoms with Crippen LogP contribution in [0.4, 0.5) is 0 Å². The average molecular weight is 275 g/mol. The van der Waals surface area contributed by atoms with Crippen molar-refractivity contribution in [3.05, 3.63) is 46.4 Å². The van der Waals surface area contributed by atoms with Crippen LogP contribution in [-0.2, 0) is 6.42 Å². The Labute approximate surface area is 119 Å². The van der Waals surface area contributed by atoms with Crippen LogP contribution >= 0.6 is 11.6 Å². The first-order valence-corrected chi connectivity index (χ1v) is 6.95. The zero-order valence-electron chi connectivity index (χ0n) is 11.9. The SMILES string of the molecule is Cc1nc(Cl)c(-c2cccc(CC(C)C)c2)nc1C. The first-order chi connectivity index (χ1) is 8.97. The summed E-state index contributed by atoms with van der Waals surface area (Å²) in [6, 6.07) is 8.39. The molecule has 3 heteroatoms. The van der Waals surface area contributed by atoms with Gasteiger partial charge in [-0.05, 0) is 37.8 Å². The summed E-state index contributed by atoms with van der Waals surface area (Å²) >= 11 is 6.22. The first-order valence-electron chi connectivity index (χ1n) is 6.57. The standard InChI is InChI=1S/C16H19ClN2/c1-10(2)8-13-6-5-7-14(9-13)15-16(17)19-12(4)11(3)18-15/h5-7,9-10H,8H2,1-4H3. The molecule has 0 saturated carbocycles. The van der Waals surface area contributed by atoms with Crippen molar-refractivity contribution in [3.8, 4) is 11.3 Å². The van der Waals surface area contributed by atoms with Gasteiger partial charge in [-0.1, -0.05) is 43.6 Å². The van der Waals surface area contributed by atoms with Gasteiger partial charge in [0.15, 0.2) is 5.15 Å². The molecule has 0 saturated heterocycles. The molecular formula is C16H19ClN2. The average Bonchev–Trinajstić information content (AvgIpc) is 2.33. The van der Waals surface area contributed by atoms with Crippen LogP contribution in [0.3, 0.4) is 0 Å². The van der Waals surface area contributed by atoms with Crippen molar-refractivity contribution in [2.45, 2.75) is 34.1 Å². The second-order valence-electron chi connectivity index (χ2n) is 5.33. The van der Waals surface area contributed by atoms with Crippen molar-refractivity contribution < 1.29 is 0 Å². The molecule has 2 aromatic rings. The molecule has 0 fully saturated rings. The van der Waals surface area contributed by atoms with E-state index in [-0.39, 0.29) is 0 Å². The molecular weight excluding hydrogens is 256 g/mol. The number of aryl methyl sites for hydroxylation is 2. The lowest BCUT2D eigenvalue weighted by Gasteiger charge is -2.09. The lowest BCUT2D eigenvalue weighted by atomic mass is 10.00. The van der Waals surface area contributed by atoms with Gasteiger partial charge in [-0.2, -0.15) is 0 Å². The molecule has 1 aromatic heterocycles. The molecule has 1 aromatic carbocycles. The zero-order valence-corrected chi connectivity index (χ0v) is 12.6. The fourth-order valence-electron chi connectivity index (χ4n) is 2.08. The van der Waals surface area contributed by atoms with Crippen LogP contribution < -0.4 is 0 Å². The maximum atomic E-state index is 6.22. The van der Waals surface area contributed by atoms with Crippen molar-refractivity contribution in [2.24, 2.45) is 5.92 Å². The van der Waals surface area contributed by atoms with E-state index >= 15 is 0 Å². The van der Waals surface area contributed by atoms with Crippen LogP contribution in [0.15, 0.2) is 24.3 Å². The van der Waals surface area contributed by atoms with E-state index in [9.17, 15) is 0 Å². The van der Waals surface area contributed by atoms with E-state index in [1.807, 2.05) is 19.9 Å². The number of benzene rings is 1. The Morgan fingerprint density at radius 2 is 1.79 bits per heavy atom. The van der Waals surface area contributed by atoms with Crippen LogP contribution in [-0.4, -0.2) is 9.97 Å². The summed E-state index contributed by atoms with van der Waals surface area (Å²) in [6.45, 7) is 8.32. The van der Waals surface area contributed by atoms with Crippen LogP contribution in [0.1, 0.15) is 30.8 Å². The smallest absolute Gasteiger partial charge is 0.155 e. The van der Waals surface area contributed by atoms with Crippen molar-refractivity contribution in [1.29, 1.82) is 0 Å². The highest BCUT2D eigenvalue weighted by Crippen LogP contribution is 2.26. The predicted molar refractivity (Wildman–Crippen MR) is 80.5 cm³/mol. The number of nitrogens with zero attached hydrogens (tertiary/aromatic N) is 2. The Morgan fingerprint density at radius 3 is 2.47 bits per heavy atom. The molecule has 0 unspecified atom stereocenters. The van der Waals surface area contributed by atoms with Crippen LogP contribution in [0.25, 0.3) is 11.3 Å². The van der Waals surface area contributed by atoms with Gasteiger partial charge in [-0.25, -0.2) is 9.97 Å². The number of aromatic nitrogens is 2. The van der Waals surface area contributed by atoms with Crippen LogP contribution in [0.5, 0.6) is 0 Å². The second-order valence-corrected chi connectivity index (χ2v) is 5.69. The highest BCUT2D eigenvalue weighted by molar-refractivity contribution is 6.31. The van der Waals surface area contributed by atoms with E-state index < -0.39 is 0 Å². The van der Waals surface area contributed by atoms with Crippen molar-refractivity contribution in [2.75, 3.05) is 0 Å². The van der Waals surface area contributed by atoms with Crippen molar-refractivity contribution in [3.63, 3.8) is 0 Å². The quantitative estimate of drug-likeness (QED) is 0.817. The van der Waals surface area contributed by atoms with E-state index in [1.165, 1.54) is 5.56 Å². The monoisotopic (exact) mass is 274 g/mol. The highest BCUT2D eigenvalue weighted by atomic mass is 35.5. The molecule has 0 bridgehead atoms. The van der Waals surface area contributed by atoms with E-state index in [4.69, 9.17) is 11.6 Å². The van der Waals surface area contributed by atoms with Gasteiger partial charge < -0.3 is 0 Å². The Morgan fingerprint density at radius 1 is 1.11 bits per heavy atom. The van der Waals surface area contributed by atoms with Gasteiger partial charge in [0.1, 0.15) is 5.69 Å². The van der Waals surface area contributed by atoms with Gasteiger partial charge in [-0.15, -0.1) is 0 Å². The van der Waals surface area contributed by atoms with E-state index in [1.54, 1.807) is 0 Å². The molecule has 19 heavy (non-hydrogen) atoms. The molecule has 0 atom stereocenters. The fourth-order valence-corrected chi connectivity index (χ4v) is 2.35. The Bertz CT molecular complexity index is 591. The van der Waals surface area contributed by atoms with Gasteiger partial charge in [-0.3, -0.25) is 0 Å². The minimum atomic E-state index is 0.477. The van der Waals surface area contributed by atoms with Gasteiger partial charge in [0, 0.05) is 5.56 Å². The highest BCUT2D eigenvalue weighted by Gasteiger charge is 2.10. The molecule has 100 valence electrons. The van der Waals surface area contributed by atoms with Gasteiger partial charge in [0.25, 0.3) is 0 Å². The van der Waals surface area contributed by atoms with Gasteiger partial charge in [0.2, 0.25) is 0 Å². The molecule has 2 nitrogen and oxygen atoms in total. The Kier molecular flexibility index (Phi) is 4.20. The lowest BCUT2D eigenvalue weighted by molar-refractivity contribution is 0.647. The molecule has 0 N–H and O–H groups in total. The van der Waals surface area contributed by atoms with Crippen molar-refractivity contribution in [1.82, 2.24) is 9.97 Å². The molecule has 0 spiro atoms. The number of rotatable bonds is 3.